The van der Waals surface area contributed by atoms with Gasteiger partial charge in [0.2, 0.25) is 0 Å². The van der Waals surface area contributed by atoms with Crippen molar-refractivity contribution in [2.75, 3.05) is 7.11 Å². The molecule has 0 aliphatic carbocycles. The number of fused-ring (bicyclic) bond motifs is 1. The van der Waals surface area contributed by atoms with E-state index < -0.39 is 17.7 Å². The van der Waals surface area contributed by atoms with E-state index in [9.17, 15) is 9.90 Å². The Hall–Kier alpha value is -2.20. The Morgan fingerprint density at radius 2 is 1.83 bits per heavy atom. The van der Waals surface area contributed by atoms with Gasteiger partial charge in [-0.1, -0.05) is 12.1 Å². The number of aryl methyl sites for hydroxylation is 2. The zero-order valence-electron chi connectivity index (χ0n) is 18.0. The summed E-state index contributed by atoms with van der Waals surface area (Å²) in [6.45, 7) is 9.81. The van der Waals surface area contributed by atoms with Gasteiger partial charge in [-0.3, -0.25) is 0 Å². The molecule has 3 rings (SSSR count). The largest absolute Gasteiger partial charge is 0.497 e. The zero-order chi connectivity index (χ0) is 22.2. The van der Waals surface area contributed by atoms with Crippen LogP contribution in [0.25, 0.3) is 11.0 Å². The number of rotatable bonds is 6. The molecule has 0 saturated carbocycles. The fourth-order valence-corrected chi connectivity index (χ4v) is 4.66. The lowest BCUT2D eigenvalue weighted by molar-refractivity contribution is -0.160. The first-order chi connectivity index (χ1) is 14.0. The van der Waals surface area contributed by atoms with Crippen LogP contribution in [0.3, 0.4) is 0 Å². The summed E-state index contributed by atoms with van der Waals surface area (Å²) in [5.41, 5.74) is 3.20. The van der Waals surface area contributed by atoms with Crippen molar-refractivity contribution in [2.45, 2.75) is 52.9 Å². The number of carbonyl (C=O) groups is 1. The Morgan fingerprint density at radius 3 is 2.37 bits per heavy atom. The third-order valence-corrected chi connectivity index (χ3v) is 5.79. The minimum absolute atomic E-state index is 0.553. The molecule has 160 valence electrons. The number of benzene rings is 1. The number of ether oxygens (including phenoxy) is 2. The van der Waals surface area contributed by atoms with Crippen LogP contribution in [-0.4, -0.2) is 38.6 Å². The van der Waals surface area contributed by atoms with E-state index in [1.54, 1.807) is 7.11 Å². The first kappa shape index (κ1) is 22.5. The normalized spacial score (nSPS) is 12.9. The summed E-state index contributed by atoms with van der Waals surface area (Å²) in [6.07, 6.45) is -1.10. The van der Waals surface area contributed by atoms with Crippen LogP contribution >= 0.6 is 22.6 Å². The molecule has 7 nitrogen and oxygen atoms in total. The van der Waals surface area contributed by atoms with Crippen LogP contribution in [0, 0.1) is 17.4 Å². The lowest BCUT2D eigenvalue weighted by Crippen LogP contribution is -2.28. The minimum Gasteiger partial charge on any atom is -0.497 e. The van der Waals surface area contributed by atoms with Gasteiger partial charge in [0.15, 0.2) is 11.8 Å². The maximum absolute atomic E-state index is 12.0. The molecule has 3 aromatic rings. The van der Waals surface area contributed by atoms with Crippen molar-refractivity contribution in [3.05, 3.63) is 50.4 Å². The van der Waals surface area contributed by atoms with Gasteiger partial charge in [0.05, 0.1) is 30.3 Å². The summed E-state index contributed by atoms with van der Waals surface area (Å²) in [4.78, 5) is 16.8. The Labute approximate surface area is 189 Å². The highest BCUT2D eigenvalue weighted by atomic mass is 127. The van der Waals surface area contributed by atoms with E-state index >= 15 is 0 Å². The standard InChI is InChI=1S/C22H26IN3O4/c1-12-16(19(21(27)28)30-22(3,4)5)18(23)17-13(2)25-26(20(17)24-12)11-14-7-9-15(29-6)10-8-14/h7-10,19H,11H2,1-6H3,(H,27,28). The minimum atomic E-state index is -1.10. The molecule has 8 heteroatoms. The highest BCUT2D eigenvalue weighted by molar-refractivity contribution is 14.1. The third-order valence-electron chi connectivity index (χ3n) is 4.67. The summed E-state index contributed by atoms with van der Waals surface area (Å²) >= 11 is 2.19. The van der Waals surface area contributed by atoms with Crippen molar-refractivity contribution in [3.8, 4) is 5.75 Å². The van der Waals surface area contributed by atoms with Gasteiger partial charge in [-0.25, -0.2) is 14.5 Å². The van der Waals surface area contributed by atoms with Gasteiger partial charge in [-0.05, 0) is 74.9 Å². The maximum Gasteiger partial charge on any atom is 0.337 e. The van der Waals surface area contributed by atoms with E-state index in [4.69, 9.17) is 14.5 Å². The molecule has 1 N–H and O–H groups in total. The highest BCUT2D eigenvalue weighted by Crippen LogP contribution is 2.35. The lowest BCUT2D eigenvalue weighted by Gasteiger charge is -2.26. The van der Waals surface area contributed by atoms with Crippen molar-refractivity contribution in [1.82, 2.24) is 14.8 Å². The molecule has 0 fully saturated rings. The Bertz CT molecular complexity index is 1080. The number of hydrogen-bond donors (Lipinski definition) is 1. The number of nitrogens with zero attached hydrogens (tertiary/aromatic N) is 3. The Morgan fingerprint density at radius 1 is 1.20 bits per heavy atom. The van der Waals surface area contributed by atoms with E-state index in [-0.39, 0.29) is 0 Å². The van der Waals surface area contributed by atoms with Crippen molar-refractivity contribution in [3.63, 3.8) is 0 Å². The SMILES string of the molecule is COc1ccc(Cn2nc(C)c3c(I)c(C(OC(C)(C)C)C(=O)O)c(C)nc32)cc1. The first-order valence-corrected chi connectivity index (χ1v) is 10.7. The third kappa shape index (κ3) is 4.59. The molecular formula is C22H26IN3O4. The topological polar surface area (TPSA) is 86.5 Å². The molecule has 1 unspecified atom stereocenters. The Balaban J connectivity index is 2.10. The van der Waals surface area contributed by atoms with E-state index in [0.29, 0.717) is 17.8 Å². The average Bonchev–Trinajstić information content (AvgIpc) is 2.95. The van der Waals surface area contributed by atoms with Gasteiger partial charge in [-0.2, -0.15) is 5.10 Å². The number of methoxy groups -OCH3 is 1. The molecule has 0 amide bonds. The molecule has 30 heavy (non-hydrogen) atoms. The van der Waals surface area contributed by atoms with Crippen molar-refractivity contribution >= 4 is 39.6 Å². The quantitative estimate of drug-likeness (QED) is 0.474. The van der Waals surface area contributed by atoms with Crippen LogP contribution in [0.4, 0.5) is 0 Å². The van der Waals surface area contributed by atoms with Crippen LogP contribution < -0.4 is 4.74 Å². The molecule has 0 spiro atoms. The number of halogens is 1. The van der Waals surface area contributed by atoms with Gasteiger partial charge < -0.3 is 14.6 Å². The smallest absolute Gasteiger partial charge is 0.337 e. The van der Waals surface area contributed by atoms with E-state index in [1.807, 2.05) is 63.6 Å². The molecular weight excluding hydrogens is 497 g/mol. The summed E-state index contributed by atoms with van der Waals surface area (Å²) in [5, 5.41) is 15.4. The number of hydrogen-bond acceptors (Lipinski definition) is 5. The zero-order valence-corrected chi connectivity index (χ0v) is 20.1. The van der Waals surface area contributed by atoms with Gasteiger partial charge in [0.1, 0.15) is 5.75 Å². The van der Waals surface area contributed by atoms with Gasteiger partial charge in [-0.15, -0.1) is 0 Å². The van der Waals surface area contributed by atoms with Gasteiger partial charge in [0.25, 0.3) is 0 Å². The second kappa shape index (κ2) is 8.50. The molecule has 0 radical (unpaired) electrons. The first-order valence-electron chi connectivity index (χ1n) is 9.58. The molecule has 2 heterocycles. The van der Waals surface area contributed by atoms with E-state index in [1.165, 1.54) is 0 Å². The number of carboxylic acids is 1. The molecule has 0 aliphatic rings. The van der Waals surface area contributed by atoms with Crippen molar-refractivity contribution in [1.29, 1.82) is 0 Å². The maximum atomic E-state index is 12.0. The van der Waals surface area contributed by atoms with E-state index in [0.717, 1.165) is 31.6 Å². The Kier molecular flexibility index (Phi) is 6.37. The number of aromatic nitrogens is 3. The average molecular weight is 523 g/mol. The summed E-state index contributed by atoms with van der Waals surface area (Å²) in [5.74, 6) is -0.234. The van der Waals surface area contributed by atoms with Crippen molar-refractivity contribution < 1.29 is 19.4 Å². The summed E-state index contributed by atoms with van der Waals surface area (Å²) in [7, 11) is 1.64. The van der Waals surface area contributed by atoms with Crippen LogP contribution in [0.15, 0.2) is 24.3 Å². The lowest BCUT2D eigenvalue weighted by atomic mass is 10.0. The summed E-state index contributed by atoms with van der Waals surface area (Å²) < 4.78 is 13.8. The molecule has 0 aliphatic heterocycles. The monoisotopic (exact) mass is 523 g/mol. The van der Waals surface area contributed by atoms with E-state index in [2.05, 4.69) is 27.7 Å². The molecule has 2 aromatic heterocycles. The van der Waals surface area contributed by atoms with Crippen LogP contribution in [0.1, 0.15) is 49.4 Å². The predicted octanol–water partition coefficient (Wildman–Crippen LogP) is 4.65. The second-order valence-electron chi connectivity index (χ2n) is 8.16. The van der Waals surface area contributed by atoms with Crippen LogP contribution in [-0.2, 0) is 16.1 Å². The number of pyridine rings is 1. The van der Waals surface area contributed by atoms with Crippen molar-refractivity contribution in [2.24, 2.45) is 0 Å². The summed E-state index contributed by atoms with van der Waals surface area (Å²) in [6, 6.07) is 7.81. The van der Waals surface area contributed by atoms with Gasteiger partial charge in [0, 0.05) is 14.8 Å². The molecule has 1 aromatic carbocycles. The number of aliphatic carboxylic acids is 1. The second-order valence-corrected chi connectivity index (χ2v) is 9.24. The fraction of sp³-hybridized carbons (Fsp3) is 0.409. The van der Waals surface area contributed by atoms with Crippen LogP contribution in [0.5, 0.6) is 5.75 Å². The molecule has 0 bridgehead atoms. The predicted molar refractivity (Wildman–Crippen MR) is 123 cm³/mol. The van der Waals surface area contributed by atoms with Crippen LogP contribution in [0.2, 0.25) is 0 Å². The number of carboxylic acid groups (broad SMARTS) is 1. The highest BCUT2D eigenvalue weighted by Gasteiger charge is 2.32. The van der Waals surface area contributed by atoms with Gasteiger partial charge >= 0.3 is 5.97 Å². The molecule has 0 saturated heterocycles. The fourth-order valence-electron chi connectivity index (χ4n) is 3.36. The molecule has 1 atom stereocenters.